The van der Waals surface area contributed by atoms with Crippen LogP contribution in [0.15, 0.2) is 41.7 Å². The first kappa shape index (κ1) is 29.4. The normalized spacial score (nSPS) is 10.6. The molecule has 0 aliphatic heterocycles. The van der Waals surface area contributed by atoms with Crippen molar-refractivity contribution in [3.63, 3.8) is 0 Å². The second-order valence-corrected chi connectivity index (χ2v) is 6.73. The van der Waals surface area contributed by atoms with Gasteiger partial charge in [-0.2, -0.15) is 0 Å². The molecule has 26 heavy (non-hydrogen) atoms. The summed E-state index contributed by atoms with van der Waals surface area (Å²) in [7, 11) is 0. The Morgan fingerprint density at radius 3 is 2.12 bits per heavy atom. The fourth-order valence-corrected chi connectivity index (χ4v) is 2.14. The van der Waals surface area contributed by atoms with E-state index < -0.39 is 0 Å². The zero-order chi connectivity index (χ0) is 20.8. The summed E-state index contributed by atoms with van der Waals surface area (Å²) < 4.78 is 0. The summed E-state index contributed by atoms with van der Waals surface area (Å²) >= 11 is 0. The summed E-state index contributed by atoms with van der Waals surface area (Å²) in [6.45, 7) is 20.5. The van der Waals surface area contributed by atoms with Crippen LogP contribution in [0.5, 0.6) is 0 Å². The molecule has 152 valence electrons. The van der Waals surface area contributed by atoms with Crippen molar-refractivity contribution in [2.45, 2.75) is 107 Å². The maximum atomic E-state index is 10.9. The highest BCUT2D eigenvalue weighted by Gasteiger charge is 2.03. The third-order valence-electron chi connectivity index (χ3n) is 3.80. The minimum absolute atomic E-state index is 0.410. The predicted octanol–water partition coefficient (Wildman–Crippen LogP) is 8.62. The molecule has 1 nitrogen and oxygen atoms in total. The van der Waals surface area contributed by atoms with Gasteiger partial charge in [0.2, 0.25) is 0 Å². The standard InChI is InChI=1S/C13H20.C10H20O.C2H6/c1-5-6-10-13(4)11-8-7-9-12(2)3;1-4-6-9(3)7-8-10(11)5-2;1-2/h7-9H,2,5-6,10H2,1,3-4H3;9H,4-8H2,1-3H3;1-2H3/b9-7-;;. The summed E-state index contributed by atoms with van der Waals surface area (Å²) in [5.41, 5.74) is 5.64. The fraction of sp³-hybridized carbons (Fsp3) is 0.680. The molecule has 1 atom stereocenters. The highest BCUT2D eigenvalue weighted by atomic mass is 16.1. The van der Waals surface area contributed by atoms with Crippen LogP contribution in [-0.2, 0) is 4.79 Å². The van der Waals surface area contributed by atoms with E-state index in [1.54, 1.807) is 0 Å². The summed E-state index contributed by atoms with van der Waals surface area (Å²) in [6, 6.07) is 0. The molecule has 0 spiro atoms. The van der Waals surface area contributed by atoms with E-state index in [2.05, 4.69) is 40.0 Å². The fourth-order valence-electron chi connectivity index (χ4n) is 2.14. The molecule has 1 unspecified atom stereocenters. The maximum Gasteiger partial charge on any atom is 0.132 e. The highest BCUT2D eigenvalue weighted by molar-refractivity contribution is 5.77. The van der Waals surface area contributed by atoms with Gasteiger partial charge in [0.1, 0.15) is 5.78 Å². The van der Waals surface area contributed by atoms with Crippen molar-refractivity contribution in [2.24, 2.45) is 5.92 Å². The summed E-state index contributed by atoms with van der Waals surface area (Å²) in [4.78, 5) is 10.9. The van der Waals surface area contributed by atoms with Gasteiger partial charge in [-0.25, -0.2) is 0 Å². The van der Waals surface area contributed by atoms with E-state index in [-0.39, 0.29) is 0 Å². The Balaban J connectivity index is -0.000000375. The van der Waals surface area contributed by atoms with Crippen molar-refractivity contribution in [1.82, 2.24) is 0 Å². The lowest BCUT2D eigenvalue weighted by Crippen LogP contribution is -2.00. The predicted molar refractivity (Wildman–Crippen MR) is 121 cm³/mol. The van der Waals surface area contributed by atoms with Crippen LogP contribution >= 0.6 is 0 Å². The van der Waals surface area contributed by atoms with E-state index in [4.69, 9.17) is 0 Å². The van der Waals surface area contributed by atoms with Crippen molar-refractivity contribution >= 4 is 5.78 Å². The molecule has 0 aromatic carbocycles. The molecule has 0 radical (unpaired) electrons. The first-order valence-corrected chi connectivity index (χ1v) is 10.6. The Labute approximate surface area is 165 Å². The molecule has 0 N–H and O–H groups in total. The third-order valence-corrected chi connectivity index (χ3v) is 3.80. The second-order valence-electron chi connectivity index (χ2n) is 6.73. The molecule has 0 aromatic heterocycles. The van der Waals surface area contributed by atoms with Gasteiger partial charge in [0, 0.05) is 12.8 Å². The first-order chi connectivity index (χ1) is 12.4. The molecule has 0 rings (SSSR count). The number of hydrogen-bond donors (Lipinski definition) is 0. The summed E-state index contributed by atoms with van der Waals surface area (Å²) in [5.74, 6) is 1.14. The molecule has 0 saturated heterocycles. The molecule has 0 saturated carbocycles. The quantitative estimate of drug-likeness (QED) is 0.265. The molecule has 1 heteroatoms. The molecule has 0 fully saturated rings. The zero-order valence-corrected chi connectivity index (χ0v) is 19.1. The van der Waals surface area contributed by atoms with Gasteiger partial charge < -0.3 is 0 Å². The van der Waals surface area contributed by atoms with Gasteiger partial charge in [-0.1, -0.05) is 85.1 Å². The number of rotatable bonds is 11. The highest BCUT2D eigenvalue weighted by Crippen LogP contribution is 2.12. The van der Waals surface area contributed by atoms with Gasteiger partial charge in [0.15, 0.2) is 0 Å². The van der Waals surface area contributed by atoms with Crippen LogP contribution in [0.3, 0.4) is 0 Å². The molecule has 0 aliphatic carbocycles. The van der Waals surface area contributed by atoms with Gasteiger partial charge in [-0.15, -0.1) is 5.73 Å². The van der Waals surface area contributed by atoms with E-state index in [0.29, 0.717) is 12.2 Å². The van der Waals surface area contributed by atoms with Crippen molar-refractivity contribution in [3.05, 3.63) is 41.7 Å². The summed E-state index contributed by atoms with van der Waals surface area (Å²) in [5, 5.41) is 0. The van der Waals surface area contributed by atoms with Crippen LogP contribution in [0.4, 0.5) is 0 Å². The number of carbonyl (C=O) groups excluding carboxylic acids is 1. The van der Waals surface area contributed by atoms with E-state index in [9.17, 15) is 4.79 Å². The molecular weight excluding hydrogens is 316 g/mol. The summed E-state index contributed by atoms with van der Waals surface area (Å²) in [6.07, 6.45) is 14.7. The van der Waals surface area contributed by atoms with Crippen LogP contribution in [0, 0.1) is 5.92 Å². The second kappa shape index (κ2) is 23.7. The van der Waals surface area contributed by atoms with Gasteiger partial charge in [-0.3, -0.25) is 4.79 Å². The van der Waals surface area contributed by atoms with Crippen LogP contribution in [-0.4, -0.2) is 5.78 Å². The third kappa shape index (κ3) is 27.5. The molecule has 0 aliphatic rings. The number of carbonyl (C=O) groups is 1. The van der Waals surface area contributed by atoms with Crippen LogP contribution < -0.4 is 0 Å². The topological polar surface area (TPSA) is 17.1 Å². The van der Waals surface area contributed by atoms with Gasteiger partial charge in [0.25, 0.3) is 0 Å². The minimum Gasteiger partial charge on any atom is -0.300 e. The van der Waals surface area contributed by atoms with E-state index in [0.717, 1.165) is 30.8 Å². The van der Waals surface area contributed by atoms with Crippen molar-refractivity contribution in [1.29, 1.82) is 0 Å². The lowest BCUT2D eigenvalue weighted by atomic mass is 9.98. The van der Waals surface area contributed by atoms with Crippen molar-refractivity contribution in [3.8, 4) is 0 Å². The monoisotopic (exact) mass is 362 g/mol. The van der Waals surface area contributed by atoms with Crippen molar-refractivity contribution < 1.29 is 4.79 Å². The van der Waals surface area contributed by atoms with E-state index in [1.807, 2.05) is 45.9 Å². The Morgan fingerprint density at radius 1 is 1.04 bits per heavy atom. The molecule has 0 heterocycles. The van der Waals surface area contributed by atoms with Crippen LogP contribution in [0.25, 0.3) is 0 Å². The first-order valence-electron chi connectivity index (χ1n) is 10.6. The SMILES string of the molecule is C=C(C)/C=C\C=C=C(C)CCCC.CC.CCCC(C)CCC(=O)CC. The number of unbranched alkanes of at least 4 members (excludes halogenated alkanes) is 1. The molecule has 0 bridgehead atoms. The Bertz CT molecular complexity index is 419. The zero-order valence-electron chi connectivity index (χ0n) is 19.1. The van der Waals surface area contributed by atoms with Crippen LogP contribution in [0.1, 0.15) is 107 Å². The number of allylic oxidation sites excluding steroid dienone is 4. The number of Topliss-reactive ketones (excluding diaryl/α,β-unsaturated/α-hetero) is 1. The van der Waals surface area contributed by atoms with E-state index in [1.165, 1.54) is 31.3 Å². The largest absolute Gasteiger partial charge is 0.300 e. The Kier molecular flexibility index (Phi) is 26.8. The maximum absolute atomic E-state index is 10.9. The van der Waals surface area contributed by atoms with Gasteiger partial charge in [-0.05, 0) is 50.7 Å². The van der Waals surface area contributed by atoms with E-state index >= 15 is 0 Å². The lowest BCUT2D eigenvalue weighted by molar-refractivity contribution is -0.119. The lowest BCUT2D eigenvalue weighted by Gasteiger charge is -2.07. The number of hydrogen-bond acceptors (Lipinski definition) is 1. The molecular formula is C25H46O. The van der Waals surface area contributed by atoms with Gasteiger partial charge >= 0.3 is 0 Å². The van der Waals surface area contributed by atoms with Crippen molar-refractivity contribution in [2.75, 3.05) is 0 Å². The average Bonchev–Trinajstić information content (AvgIpc) is 2.63. The molecule has 0 aromatic rings. The van der Waals surface area contributed by atoms with Crippen LogP contribution in [0.2, 0.25) is 0 Å². The van der Waals surface area contributed by atoms with Gasteiger partial charge in [0.05, 0.1) is 0 Å². The minimum atomic E-state index is 0.410. The average molecular weight is 363 g/mol. The smallest absolute Gasteiger partial charge is 0.132 e. The Morgan fingerprint density at radius 2 is 1.65 bits per heavy atom. The molecule has 0 amide bonds. The Hall–Kier alpha value is -1.33. The number of ketones is 1.